The van der Waals surface area contributed by atoms with E-state index in [2.05, 4.69) is 95.6 Å². The van der Waals surface area contributed by atoms with Crippen molar-refractivity contribution in [3.05, 3.63) is 53.1 Å². The highest BCUT2D eigenvalue weighted by atomic mass is 28.3. The Hall–Kier alpha value is -1.12. The topological polar surface area (TPSA) is 3.24 Å². The Morgan fingerprint density at radius 1 is 0.610 bits per heavy atom. The molecule has 0 radical (unpaired) electrons. The standard InChI is InChI=1S/C57H99NSi/c1-9-11-13-15-17-19-21-23-25-27-29-36-42-57(43-37-30-28-26-24-22-20-18-16-14-12-10-2)53-41-35-34-40-50(53)52-45-48-44-47(3)55(51(48)46-54(52)57)59(7,8)58(56(4,5)6)49-38-32-31-33-39-49/h34-35,40-41,45-49,51,55H,9-33,36-39,42-44H2,1-8H3. The van der Waals surface area contributed by atoms with Gasteiger partial charge in [0.25, 0.3) is 0 Å². The molecule has 4 aliphatic carbocycles. The average Bonchev–Trinajstić information content (AvgIpc) is 3.68. The predicted octanol–water partition coefficient (Wildman–Crippen LogP) is 18.7. The van der Waals surface area contributed by atoms with Crippen LogP contribution in [0.3, 0.4) is 0 Å². The van der Waals surface area contributed by atoms with E-state index in [9.17, 15) is 0 Å². The number of nitrogens with zero attached hydrogens (tertiary/aromatic N) is 1. The Morgan fingerprint density at radius 3 is 1.54 bits per heavy atom. The summed E-state index contributed by atoms with van der Waals surface area (Å²) in [7, 11) is -1.82. The fraction of sp³-hybridized carbons (Fsp3) is 0.825. The molecule has 0 aliphatic heterocycles. The van der Waals surface area contributed by atoms with Crippen molar-refractivity contribution in [2.45, 2.75) is 283 Å². The van der Waals surface area contributed by atoms with Gasteiger partial charge >= 0.3 is 0 Å². The molecule has 1 nitrogen and oxygen atoms in total. The third kappa shape index (κ3) is 13.2. The Labute approximate surface area is 370 Å². The molecule has 0 heterocycles. The minimum Gasteiger partial charge on any atom is -0.316 e. The van der Waals surface area contributed by atoms with Crippen molar-refractivity contribution < 1.29 is 0 Å². The fourth-order valence-electron chi connectivity index (χ4n) is 14.1. The number of hydrogen-bond donors (Lipinski definition) is 0. The highest BCUT2D eigenvalue weighted by molar-refractivity contribution is 6.76. The van der Waals surface area contributed by atoms with Crippen LogP contribution in [0.25, 0.3) is 5.57 Å². The molecule has 0 amide bonds. The van der Waals surface area contributed by atoms with Crippen molar-refractivity contribution in [1.29, 1.82) is 0 Å². The number of fused-ring (bicyclic) bond motifs is 4. The molecule has 5 rings (SSSR count). The molecular formula is C57H99NSi. The van der Waals surface area contributed by atoms with E-state index in [1.165, 1.54) is 205 Å². The normalized spacial score (nSPS) is 23.0. The van der Waals surface area contributed by atoms with Crippen LogP contribution in [-0.2, 0) is 5.41 Å². The maximum Gasteiger partial charge on any atom is 0.127 e. The van der Waals surface area contributed by atoms with Gasteiger partial charge in [0, 0.05) is 17.0 Å². The SMILES string of the molecule is CCCCCCCCCCCCCCC1(CCCCCCCCCCCCCC)C2=CC3C(C=C2c2ccccc21)CC(C)C3[Si](C)(C)N(C1CCCCC1)C(C)(C)C. The van der Waals surface area contributed by atoms with Crippen LogP contribution in [0.4, 0.5) is 0 Å². The first-order valence-corrected chi connectivity index (χ1v) is 29.9. The number of unbranched alkanes of at least 4 members (excludes halogenated alkanes) is 22. The highest BCUT2D eigenvalue weighted by Crippen LogP contribution is 2.63. The summed E-state index contributed by atoms with van der Waals surface area (Å²) >= 11 is 0. The average molecular weight is 827 g/mol. The van der Waals surface area contributed by atoms with Gasteiger partial charge in [0.05, 0.1) is 0 Å². The zero-order valence-corrected chi connectivity index (χ0v) is 41.9. The smallest absolute Gasteiger partial charge is 0.127 e. The minimum atomic E-state index is -1.82. The van der Waals surface area contributed by atoms with Crippen LogP contribution in [0.1, 0.15) is 258 Å². The monoisotopic (exact) mass is 826 g/mol. The van der Waals surface area contributed by atoms with E-state index in [0.717, 1.165) is 17.5 Å². The van der Waals surface area contributed by atoms with E-state index in [0.29, 0.717) is 11.8 Å². The maximum absolute atomic E-state index is 3.20. The number of benzene rings is 1. The van der Waals surface area contributed by atoms with Gasteiger partial charge in [-0.15, -0.1) is 0 Å². The van der Waals surface area contributed by atoms with E-state index in [1.54, 1.807) is 22.3 Å². The third-order valence-electron chi connectivity index (χ3n) is 16.5. The molecule has 336 valence electrons. The number of allylic oxidation sites excluding steroid dienone is 4. The molecule has 2 saturated carbocycles. The van der Waals surface area contributed by atoms with Crippen molar-refractivity contribution in [1.82, 2.24) is 4.57 Å². The van der Waals surface area contributed by atoms with Crippen LogP contribution < -0.4 is 0 Å². The molecule has 4 aliphatic rings. The zero-order chi connectivity index (χ0) is 42.1. The first-order chi connectivity index (χ1) is 28.6. The van der Waals surface area contributed by atoms with Gasteiger partial charge in [0.1, 0.15) is 8.24 Å². The van der Waals surface area contributed by atoms with Gasteiger partial charge in [-0.3, -0.25) is 0 Å². The molecule has 2 heteroatoms. The molecule has 2 fully saturated rings. The van der Waals surface area contributed by atoms with Crippen LogP contribution in [-0.4, -0.2) is 24.4 Å². The summed E-state index contributed by atoms with van der Waals surface area (Å²) in [4.78, 5) is 0. The largest absolute Gasteiger partial charge is 0.316 e. The first-order valence-electron chi connectivity index (χ1n) is 26.9. The first kappa shape index (κ1) is 48.9. The summed E-state index contributed by atoms with van der Waals surface area (Å²) in [5.74, 6) is 2.21. The summed E-state index contributed by atoms with van der Waals surface area (Å²) in [5.41, 5.74) is 8.05. The molecule has 0 aromatic heterocycles. The minimum absolute atomic E-state index is 0.208. The van der Waals surface area contributed by atoms with E-state index in [1.807, 2.05) is 0 Å². The van der Waals surface area contributed by atoms with Crippen LogP contribution in [0.15, 0.2) is 42.0 Å². The van der Waals surface area contributed by atoms with Crippen LogP contribution >= 0.6 is 0 Å². The van der Waals surface area contributed by atoms with E-state index < -0.39 is 8.24 Å². The van der Waals surface area contributed by atoms with Gasteiger partial charge in [-0.05, 0) is 98.4 Å². The van der Waals surface area contributed by atoms with Crippen LogP contribution in [0.2, 0.25) is 18.6 Å². The predicted molar refractivity (Wildman–Crippen MR) is 266 cm³/mol. The lowest BCUT2D eigenvalue weighted by molar-refractivity contribution is 0.139. The second-order valence-electron chi connectivity index (χ2n) is 22.5. The van der Waals surface area contributed by atoms with Gasteiger partial charge in [-0.2, -0.15) is 0 Å². The zero-order valence-electron chi connectivity index (χ0n) is 40.9. The lowest BCUT2D eigenvalue weighted by atomic mass is 9.68. The molecule has 0 N–H and O–H groups in total. The summed E-state index contributed by atoms with van der Waals surface area (Å²) in [6.07, 6.45) is 51.6. The lowest BCUT2D eigenvalue weighted by Crippen LogP contribution is -2.65. The van der Waals surface area contributed by atoms with Gasteiger partial charge in [0.2, 0.25) is 0 Å². The van der Waals surface area contributed by atoms with Crippen molar-refractivity contribution in [2.75, 3.05) is 0 Å². The van der Waals surface area contributed by atoms with Gasteiger partial charge in [-0.1, -0.05) is 244 Å². The van der Waals surface area contributed by atoms with Gasteiger partial charge < -0.3 is 4.57 Å². The summed E-state index contributed by atoms with van der Waals surface area (Å²) in [5, 5.41) is 0. The van der Waals surface area contributed by atoms with E-state index >= 15 is 0 Å². The summed E-state index contributed by atoms with van der Waals surface area (Å²) in [6, 6.07) is 10.7. The Bertz CT molecular complexity index is 1360. The molecule has 1 aromatic carbocycles. The van der Waals surface area contributed by atoms with Crippen molar-refractivity contribution in [3.63, 3.8) is 0 Å². The highest BCUT2D eigenvalue weighted by Gasteiger charge is 2.56. The van der Waals surface area contributed by atoms with Crippen molar-refractivity contribution in [3.8, 4) is 0 Å². The van der Waals surface area contributed by atoms with E-state index in [4.69, 9.17) is 0 Å². The van der Waals surface area contributed by atoms with Crippen LogP contribution in [0.5, 0.6) is 0 Å². The molecule has 0 spiro atoms. The van der Waals surface area contributed by atoms with E-state index in [-0.39, 0.29) is 11.0 Å². The molecule has 4 unspecified atom stereocenters. The van der Waals surface area contributed by atoms with Gasteiger partial charge in [-0.25, -0.2) is 0 Å². The second-order valence-corrected chi connectivity index (χ2v) is 27.0. The fourth-order valence-corrected chi connectivity index (χ4v) is 20.1. The maximum atomic E-state index is 3.20. The number of hydrogen-bond acceptors (Lipinski definition) is 1. The molecule has 59 heavy (non-hydrogen) atoms. The van der Waals surface area contributed by atoms with Crippen LogP contribution in [0, 0.1) is 17.8 Å². The Kier molecular flexibility index (Phi) is 20.4. The summed E-state index contributed by atoms with van der Waals surface area (Å²) < 4.78 is 3.20. The van der Waals surface area contributed by atoms with Crippen molar-refractivity contribution in [2.24, 2.45) is 17.8 Å². The quantitative estimate of drug-likeness (QED) is 0.0574. The summed E-state index contributed by atoms with van der Waals surface area (Å²) in [6.45, 7) is 20.7. The Balaban J connectivity index is 1.32. The second kappa shape index (κ2) is 24.7. The molecular weight excluding hydrogens is 727 g/mol. The molecule has 0 saturated heterocycles. The molecule has 4 atom stereocenters. The third-order valence-corrected chi connectivity index (χ3v) is 21.3. The molecule has 1 aromatic rings. The molecule has 0 bridgehead atoms. The van der Waals surface area contributed by atoms with Crippen molar-refractivity contribution >= 4 is 13.8 Å². The number of rotatable bonds is 29. The Morgan fingerprint density at radius 2 is 1.07 bits per heavy atom. The van der Waals surface area contributed by atoms with Gasteiger partial charge in [0.15, 0.2) is 0 Å². The lowest BCUT2D eigenvalue weighted by Gasteiger charge is -2.56.